The predicted molar refractivity (Wildman–Crippen MR) is 100 cm³/mol. The predicted octanol–water partition coefficient (Wildman–Crippen LogP) is 3.47. The number of carbonyl (C=O) groups excluding carboxylic acids is 2. The first-order valence-corrected chi connectivity index (χ1v) is 9.74. The molecule has 144 valence electrons. The van der Waals surface area contributed by atoms with Crippen molar-refractivity contribution in [3.63, 3.8) is 0 Å². The Kier molecular flexibility index (Phi) is 9.18. The minimum absolute atomic E-state index is 0.0845. The van der Waals surface area contributed by atoms with E-state index >= 15 is 0 Å². The maximum absolute atomic E-state index is 12.2. The second-order valence-electron chi connectivity index (χ2n) is 6.93. The van der Waals surface area contributed by atoms with Crippen molar-refractivity contribution < 1.29 is 19.1 Å². The Morgan fingerprint density at radius 1 is 1.19 bits per heavy atom. The largest absolute Gasteiger partial charge is 0.466 e. The summed E-state index contributed by atoms with van der Waals surface area (Å²) in [5.41, 5.74) is 1.09. The quantitative estimate of drug-likeness (QED) is 0.484. The fourth-order valence-corrected chi connectivity index (χ4v) is 3.43. The second-order valence-corrected chi connectivity index (χ2v) is 6.93. The molecule has 0 heterocycles. The molecule has 1 amide bonds. The Morgan fingerprint density at radius 3 is 2.62 bits per heavy atom. The topological polar surface area (TPSA) is 64.6 Å². The van der Waals surface area contributed by atoms with Gasteiger partial charge in [-0.3, -0.25) is 9.59 Å². The number of esters is 1. The maximum atomic E-state index is 12.2. The summed E-state index contributed by atoms with van der Waals surface area (Å²) >= 11 is 0. The number of carbonyl (C=O) groups is 2. The van der Waals surface area contributed by atoms with Crippen molar-refractivity contribution in [2.75, 3.05) is 19.8 Å². The number of ether oxygens (including phenoxy) is 2. The van der Waals surface area contributed by atoms with Crippen molar-refractivity contribution in [1.29, 1.82) is 0 Å². The van der Waals surface area contributed by atoms with E-state index in [0.29, 0.717) is 38.7 Å². The molecule has 1 saturated carbocycles. The minimum atomic E-state index is -0.243. The number of amides is 1. The number of hydrogen-bond acceptors (Lipinski definition) is 4. The van der Waals surface area contributed by atoms with Gasteiger partial charge in [0.2, 0.25) is 5.91 Å². The van der Waals surface area contributed by atoms with Gasteiger partial charge >= 0.3 is 5.97 Å². The first kappa shape index (κ1) is 20.4. The Balaban J connectivity index is 1.67. The molecule has 1 unspecified atom stereocenters. The first-order chi connectivity index (χ1) is 12.7. The summed E-state index contributed by atoms with van der Waals surface area (Å²) in [7, 11) is 0. The van der Waals surface area contributed by atoms with Gasteiger partial charge in [-0.15, -0.1) is 0 Å². The summed E-state index contributed by atoms with van der Waals surface area (Å²) in [4.78, 5) is 24.2. The van der Waals surface area contributed by atoms with Crippen LogP contribution in [-0.2, 0) is 25.7 Å². The van der Waals surface area contributed by atoms with Crippen LogP contribution in [-0.4, -0.2) is 31.6 Å². The third-order valence-electron chi connectivity index (χ3n) is 4.84. The number of nitrogens with one attached hydrogen (secondary N) is 1. The molecular formula is C21H31NO4. The van der Waals surface area contributed by atoms with Crippen LogP contribution in [0.2, 0.25) is 0 Å². The summed E-state index contributed by atoms with van der Waals surface area (Å²) in [6.07, 6.45) is 5.94. The molecule has 1 N–H and O–H groups in total. The molecule has 1 fully saturated rings. The van der Waals surface area contributed by atoms with Gasteiger partial charge in [-0.1, -0.05) is 56.0 Å². The zero-order valence-electron chi connectivity index (χ0n) is 15.7. The van der Waals surface area contributed by atoms with Crippen LogP contribution >= 0.6 is 0 Å². The Bertz CT molecular complexity index is 540. The standard InChI is InChI=1S/C21H31NO4/c1-2-26-21(24)19(14-17-8-6-7-9-17)15-22-20(23)12-13-25-16-18-10-4-3-5-11-18/h3-5,10-11,17,19H,2,6-9,12-16H2,1H3,(H,22,23). The summed E-state index contributed by atoms with van der Waals surface area (Å²) in [6, 6.07) is 9.87. The average molecular weight is 361 g/mol. The molecule has 1 aliphatic carbocycles. The number of hydrogen-bond donors (Lipinski definition) is 1. The highest BCUT2D eigenvalue weighted by atomic mass is 16.5. The third-order valence-corrected chi connectivity index (χ3v) is 4.84. The maximum Gasteiger partial charge on any atom is 0.310 e. The lowest BCUT2D eigenvalue weighted by Gasteiger charge is -2.19. The van der Waals surface area contributed by atoms with Gasteiger partial charge in [0.1, 0.15) is 0 Å². The Labute approximate surface area is 156 Å². The van der Waals surface area contributed by atoms with E-state index in [2.05, 4.69) is 5.32 Å². The lowest BCUT2D eigenvalue weighted by molar-refractivity contribution is -0.148. The molecular weight excluding hydrogens is 330 g/mol. The molecule has 0 saturated heterocycles. The molecule has 0 radical (unpaired) electrons. The van der Waals surface area contributed by atoms with Crippen molar-refractivity contribution in [2.45, 2.75) is 52.1 Å². The van der Waals surface area contributed by atoms with E-state index in [1.807, 2.05) is 37.3 Å². The van der Waals surface area contributed by atoms with Crippen LogP contribution in [0.15, 0.2) is 30.3 Å². The van der Waals surface area contributed by atoms with E-state index in [0.717, 1.165) is 12.0 Å². The molecule has 5 nitrogen and oxygen atoms in total. The van der Waals surface area contributed by atoms with E-state index < -0.39 is 0 Å². The highest BCUT2D eigenvalue weighted by Gasteiger charge is 2.26. The number of benzene rings is 1. The third kappa shape index (κ3) is 7.56. The van der Waals surface area contributed by atoms with Crippen molar-refractivity contribution in [3.05, 3.63) is 35.9 Å². The molecule has 0 aliphatic heterocycles. The second kappa shape index (κ2) is 11.7. The van der Waals surface area contributed by atoms with Crippen molar-refractivity contribution in [1.82, 2.24) is 5.32 Å². The van der Waals surface area contributed by atoms with Gasteiger partial charge in [0.15, 0.2) is 0 Å². The summed E-state index contributed by atoms with van der Waals surface area (Å²) in [5.74, 6) is 0.0570. The molecule has 1 aromatic carbocycles. The smallest absolute Gasteiger partial charge is 0.310 e. The van der Waals surface area contributed by atoms with Gasteiger partial charge in [-0.25, -0.2) is 0 Å². The van der Waals surface area contributed by atoms with Gasteiger partial charge < -0.3 is 14.8 Å². The molecule has 0 bridgehead atoms. The van der Waals surface area contributed by atoms with Crippen LogP contribution in [0.25, 0.3) is 0 Å². The molecule has 0 aromatic heterocycles. The van der Waals surface area contributed by atoms with E-state index in [1.54, 1.807) is 0 Å². The van der Waals surface area contributed by atoms with E-state index in [4.69, 9.17) is 9.47 Å². The highest BCUT2D eigenvalue weighted by molar-refractivity contribution is 5.78. The summed E-state index contributed by atoms with van der Waals surface area (Å²) in [6.45, 7) is 3.41. The fraction of sp³-hybridized carbons (Fsp3) is 0.619. The number of rotatable bonds is 11. The lowest BCUT2D eigenvalue weighted by atomic mass is 9.93. The van der Waals surface area contributed by atoms with Gasteiger partial charge in [0.05, 0.1) is 25.7 Å². The van der Waals surface area contributed by atoms with Crippen LogP contribution in [0.5, 0.6) is 0 Å². The molecule has 1 aliphatic rings. The van der Waals surface area contributed by atoms with Crippen molar-refractivity contribution in [2.24, 2.45) is 11.8 Å². The molecule has 0 spiro atoms. The van der Waals surface area contributed by atoms with Crippen LogP contribution in [0, 0.1) is 11.8 Å². The van der Waals surface area contributed by atoms with E-state index in [1.165, 1.54) is 25.7 Å². The van der Waals surface area contributed by atoms with Crippen LogP contribution in [0.1, 0.15) is 51.0 Å². The normalized spacial score (nSPS) is 15.6. The Hall–Kier alpha value is -1.88. The average Bonchev–Trinajstić information content (AvgIpc) is 3.16. The SMILES string of the molecule is CCOC(=O)C(CNC(=O)CCOCc1ccccc1)CC1CCCC1. The fourth-order valence-electron chi connectivity index (χ4n) is 3.43. The van der Waals surface area contributed by atoms with Crippen LogP contribution in [0.3, 0.4) is 0 Å². The van der Waals surface area contributed by atoms with Gasteiger partial charge in [-0.05, 0) is 24.8 Å². The molecule has 26 heavy (non-hydrogen) atoms. The molecule has 2 rings (SSSR count). The Morgan fingerprint density at radius 2 is 1.92 bits per heavy atom. The first-order valence-electron chi connectivity index (χ1n) is 9.74. The van der Waals surface area contributed by atoms with Gasteiger partial charge in [0, 0.05) is 13.0 Å². The summed E-state index contributed by atoms with van der Waals surface area (Å²) < 4.78 is 10.7. The molecule has 5 heteroatoms. The van der Waals surface area contributed by atoms with Crippen molar-refractivity contribution in [3.8, 4) is 0 Å². The lowest BCUT2D eigenvalue weighted by Crippen LogP contribution is -2.35. The van der Waals surface area contributed by atoms with E-state index in [-0.39, 0.29) is 17.8 Å². The van der Waals surface area contributed by atoms with Crippen molar-refractivity contribution >= 4 is 11.9 Å². The molecule has 1 atom stereocenters. The molecule has 1 aromatic rings. The zero-order chi connectivity index (χ0) is 18.6. The highest BCUT2D eigenvalue weighted by Crippen LogP contribution is 2.30. The van der Waals surface area contributed by atoms with Gasteiger partial charge in [-0.2, -0.15) is 0 Å². The zero-order valence-corrected chi connectivity index (χ0v) is 15.7. The van der Waals surface area contributed by atoms with Crippen LogP contribution < -0.4 is 5.32 Å². The van der Waals surface area contributed by atoms with Crippen LogP contribution in [0.4, 0.5) is 0 Å². The van der Waals surface area contributed by atoms with E-state index in [9.17, 15) is 9.59 Å². The van der Waals surface area contributed by atoms with Gasteiger partial charge in [0.25, 0.3) is 0 Å². The summed E-state index contributed by atoms with van der Waals surface area (Å²) in [5, 5.41) is 2.87. The monoisotopic (exact) mass is 361 g/mol. The minimum Gasteiger partial charge on any atom is -0.466 e.